The molecule has 0 aliphatic heterocycles. The molecule has 0 aromatic heterocycles. The van der Waals surface area contributed by atoms with Gasteiger partial charge in [0.2, 0.25) is 10.0 Å². The third-order valence-electron chi connectivity index (χ3n) is 3.31. The van der Waals surface area contributed by atoms with E-state index in [9.17, 15) is 18.5 Å². The van der Waals surface area contributed by atoms with E-state index in [1.807, 2.05) is 32.0 Å². The summed E-state index contributed by atoms with van der Waals surface area (Å²) < 4.78 is 22.6. The van der Waals surface area contributed by atoms with E-state index in [-0.39, 0.29) is 10.6 Å². The zero-order valence-electron chi connectivity index (χ0n) is 13.1. The number of hydrogen-bond acceptors (Lipinski definition) is 6. The zero-order chi connectivity index (χ0) is 17.9. The molecule has 126 valence electrons. The number of sulfonamides is 1. The number of anilines is 1. The minimum atomic E-state index is -4.02. The topological polar surface area (TPSA) is 128 Å². The molecule has 0 spiro atoms. The van der Waals surface area contributed by atoms with E-state index in [2.05, 4.69) is 10.5 Å². The second-order valence-electron chi connectivity index (χ2n) is 5.21. The van der Waals surface area contributed by atoms with Gasteiger partial charge in [0.25, 0.3) is 5.69 Å². The van der Waals surface area contributed by atoms with Crippen LogP contribution in [0, 0.1) is 24.0 Å². The summed E-state index contributed by atoms with van der Waals surface area (Å²) >= 11 is 0. The average Bonchev–Trinajstić information content (AvgIpc) is 2.48. The maximum absolute atomic E-state index is 11.3. The number of nitrogens with one attached hydrogen (secondary N) is 1. The number of nitrogens with two attached hydrogens (primary N) is 1. The highest BCUT2D eigenvalue weighted by atomic mass is 32.2. The number of primary sulfonamides is 1. The van der Waals surface area contributed by atoms with Gasteiger partial charge in [-0.3, -0.25) is 15.5 Å². The highest BCUT2D eigenvalue weighted by Gasteiger charge is 2.18. The minimum Gasteiger partial charge on any atom is -0.272 e. The van der Waals surface area contributed by atoms with Crippen LogP contribution < -0.4 is 10.6 Å². The first-order chi connectivity index (χ1) is 11.2. The van der Waals surface area contributed by atoms with E-state index in [1.165, 1.54) is 18.3 Å². The number of hydrogen-bond donors (Lipinski definition) is 2. The van der Waals surface area contributed by atoms with Crippen LogP contribution in [-0.4, -0.2) is 19.6 Å². The highest BCUT2D eigenvalue weighted by molar-refractivity contribution is 7.89. The van der Waals surface area contributed by atoms with Crippen LogP contribution in [0.15, 0.2) is 46.4 Å². The summed E-state index contributed by atoms with van der Waals surface area (Å²) in [6, 6.07) is 9.12. The molecule has 0 fully saturated rings. The van der Waals surface area contributed by atoms with E-state index in [0.29, 0.717) is 0 Å². The van der Waals surface area contributed by atoms with Crippen molar-refractivity contribution < 1.29 is 13.3 Å². The molecular weight excluding hydrogens is 332 g/mol. The lowest BCUT2D eigenvalue weighted by Gasteiger charge is -2.05. The molecule has 0 bridgehead atoms. The van der Waals surface area contributed by atoms with Gasteiger partial charge in [-0.25, -0.2) is 13.6 Å². The number of aryl methyl sites for hydroxylation is 2. The quantitative estimate of drug-likeness (QED) is 0.487. The van der Waals surface area contributed by atoms with Crippen molar-refractivity contribution in [2.45, 2.75) is 18.7 Å². The Labute approximate surface area is 139 Å². The molecule has 2 aromatic rings. The predicted octanol–water partition coefficient (Wildman–Crippen LogP) is 2.31. The van der Waals surface area contributed by atoms with Crippen LogP contribution in [0.3, 0.4) is 0 Å². The van der Waals surface area contributed by atoms with E-state index >= 15 is 0 Å². The van der Waals surface area contributed by atoms with Crippen LogP contribution in [0.2, 0.25) is 0 Å². The Balaban J connectivity index is 2.29. The van der Waals surface area contributed by atoms with Crippen LogP contribution in [0.4, 0.5) is 11.4 Å². The molecule has 3 N–H and O–H groups in total. The van der Waals surface area contributed by atoms with Crippen LogP contribution in [0.5, 0.6) is 0 Å². The number of nitrogens with zero attached hydrogens (tertiary/aromatic N) is 2. The Morgan fingerprint density at radius 1 is 1.21 bits per heavy atom. The first kappa shape index (κ1) is 17.6. The van der Waals surface area contributed by atoms with Gasteiger partial charge in [-0.2, -0.15) is 5.10 Å². The number of hydrazone groups is 1. The van der Waals surface area contributed by atoms with Gasteiger partial charge in [-0.05, 0) is 37.1 Å². The number of rotatable bonds is 5. The Morgan fingerprint density at radius 2 is 1.92 bits per heavy atom. The molecular formula is C15H16N4O4S. The summed E-state index contributed by atoms with van der Waals surface area (Å²) in [6.07, 6.45) is 1.53. The van der Waals surface area contributed by atoms with Crippen molar-refractivity contribution in [2.75, 3.05) is 5.43 Å². The molecule has 0 radical (unpaired) electrons. The fourth-order valence-corrected chi connectivity index (χ4v) is 2.61. The SMILES string of the molecule is Cc1ccc(/C=N/Nc2ccc(S(N)(=O)=O)cc2[N+](=O)[O-])c(C)c1. The summed E-state index contributed by atoms with van der Waals surface area (Å²) in [5.41, 5.74) is 5.18. The first-order valence-electron chi connectivity index (χ1n) is 6.86. The van der Waals surface area contributed by atoms with E-state index < -0.39 is 20.6 Å². The highest BCUT2D eigenvalue weighted by Crippen LogP contribution is 2.27. The van der Waals surface area contributed by atoms with E-state index in [0.717, 1.165) is 22.8 Å². The van der Waals surface area contributed by atoms with Crippen LogP contribution in [-0.2, 0) is 10.0 Å². The van der Waals surface area contributed by atoms with Crippen molar-refractivity contribution in [3.8, 4) is 0 Å². The van der Waals surface area contributed by atoms with Crippen molar-refractivity contribution >= 4 is 27.6 Å². The van der Waals surface area contributed by atoms with Crippen LogP contribution in [0.1, 0.15) is 16.7 Å². The van der Waals surface area contributed by atoms with Crippen LogP contribution >= 0.6 is 0 Å². The first-order valence-corrected chi connectivity index (χ1v) is 8.40. The van der Waals surface area contributed by atoms with Gasteiger partial charge < -0.3 is 0 Å². The lowest BCUT2D eigenvalue weighted by Crippen LogP contribution is -2.12. The molecule has 0 heterocycles. The van der Waals surface area contributed by atoms with Crippen molar-refractivity contribution in [1.29, 1.82) is 0 Å². The molecule has 0 saturated carbocycles. The maximum Gasteiger partial charge on any atom is 0.295 e. The molecule has 9 heteroatoms. The fourth-order valence-electron chi connectivity index (χ4n) is 2.08. The molecule has 0 aliphatic carbocycles. The average molecular weight is 348 g/mol. The van der Waals surface area contributed by atoms with Gasteiger partial charge in [0.1, 0.15) is 5.69 Å². The van der Waals surface area contributed by atoms with Crippen LogP contribution in [0.25, 0.3) is 0 Å². The number of benzene rings is 2. The summed E-state index contributed by atoms with van der Waals surface area (Å²) in [5, 5.41) is 20.1. The standard InChI is InChI=1S/C15H16N4O4S/c1-10-3-4-12(11(2)7-10)9-17-18-14-6-5-13(24(16,22)23)8-15(14)19(20)21/h3-9,18H,1-2H3,(H2,16,22,23)/b17-9+. The van der Waals surface area contributed by atoms with Crippen molar-refractivity contribution in [2.24, 2.45) is 10.2 Å². The zero-order valence-corrected chi connectivity index (χ0v) is 13.9. The molecule has 0 amide bonds. The molecule has 2 aromatic carbocycles. The molecule has 0 unspecified atom stereocenters. The Kier molecular flexibility index (Phi) is 4.96. The molecule has 2 rings (SSSR count). The van der Waals surface area contributed by atoms with Gasteiger partial charge in [-0.15, -0.1) is 0 Å². The van der Waals surface area contributed by atoms with Crippen molar-refractivity contribution in [1.82, 2.24) is 0 Å². The Bertz CT molecular complexity index is 923. The number of nitro groups is 1. The monoisotopic (exact) mass is 348 g/mol. The maximum atomic E-state index is 11.3. The lowest BCUT2D eigenvalue weighted by molar-refractivity contribution is -0.384. The Morgan fingerprint density at radius 3 is 2.50 bits per heavy atom. The minimum absolute atomic E-state index is 0.0633. The number of nitro benzene ring substituents is 1. The second kappa shape index (κ2) is 6.77. The fraction of sp³-hybridized carbons (Fsp3) is 0.133. The normalized spacial score (nSPS) is 11.6. The van der Waals surface area contributed by atoms with E-state index in [4.69, 9.17) is 5.14 Å². The van der Waals surface area contributed by atoms with Crippen molar-refractivity contribution in [3.63, 3.8) is 0 Å². The molecule has 0 atom stereocenters. The van der Waals surface area contributed by atoms with E-state index in [1.54, 1.807) is 0 Å². The van der Waals surface area contributed by atoms with Gasteiger partial charge in [0.05, 0.1) is 16.0 Å². The van der Waals surface area contributed by atoms with Crippen molar-refractivity contribution in [3.05, 3.63) is 63.2 Å². The summed E-state index contributed by atoms with van der Waals surface area (Å²) in [7, 11) is -4.02. The predicted molar refractivity (Wildman–Crippen MR) is 91.6 cm³/mol. The Hall–Kier alpha value is -2.78. The third kappa shape index (κ3) is 4.15. The smallest absolute Gasteiger partial charge is 0.272 e. The molecule has 8 nitrogen and oxygen atoms in total. The lowest BCUT2D eigenvalue weighted by atomic mass is 10.1. The van der Waals surface area contributed by atoms with Gasteiger partial charge >= 0.3 is 0 Å². The second-order valence-corrected chi connectivity index (χ2v) is 6.77. The molecule has 24 heavy (non-hydrogen) atoms. The van der Waals surface area contributed by atoms with Gasteiger partial charge in [0, 0.05) is 6.07 Å². The summed E-state index contributed by atoms with van der Waals surface area (Å²) in [4.78, 5) is 10.1. The largest absolute Gasteiger partial charge is 0.295 e. The summed E-state index contributed by atoms with van der Waals surface area (Å²) in [6.45, 7) is 3.90. The molecule has 0 aliphatic rings. The van der Waals surface area contributed by atoms with Gasteiger partial charge in [-0.1, -0.05) is 23.8 Å². The molecule has 0 saturated heterocycles. The summed E-state index contributed by atoms with van der Waals surface area (Å²) in [5.74, 6) is 0. The third-order valence-corrected chi connectivity index (χ3v) is 4.22. The van der Waals surface area contributed by atoms with Gasteiger partial charge in [0.15, 0.2) is 0 Å².